The van der Waals surface area contributed by atoms with Crippen LogP contribution in [0.25, 0.3) is 0 Å². The van der Waals surface area contributed by atoms with E-state index in [1.54, 1.807) is 44.2 Å². The van der Waals surface area contributed by atoms with Crippen molar-refractivity contribution < 1.29 is 24.5 Å². The van der Waals surface area contributed by atoms with Gasteiger partial charge in [0.2, 0.25) is 5.78 Å². The molecule has 0 aromatic heterocycles. The van der Waals surface area contributed by atoms with Crippen molar-refractivity contribution in [3.8, 4) is 17.2 Å². The number of ether oxygens (including phenoxy) is 2. The van der Waals surface area contributed by atoms with Crippen LogP contribution in [0.4, 0.5) is 0 Å². The Labute approximate surface area is 134 Å². The second-order valence-corrected chi connectivity index (χ2v) is 5.65. The molecule has 0 unspecified atom stereocenters. The number of benzene rings is 2. The number of hydrogen-bond acceptors (Lipinski definition) is 5. The summed E-state index contributed by atoms with van der Waals surface area (Å²) in [7, 11) is 1.50. The van der Waals surface area contributed by atoms with Crippen molar-refractivity contribution in [1.29, 1.82) is 0 Å². The number of phenolic OH excluding ortho intramolecular Hbond substituents is 1. The Hall–Kier alpha value is -2.53. The molecule has 0 aliphatic carbocycles. The van der Waals surface area contributed by atoms with Gasteiger partial charge in [-0.25, -0.2) is 0 Å². The third kappa shape index (κ3) is 2.16. The lowest BCUT2D eigenvalue weighted by Crippen LogP contribution is -2.45. The van der Waals surface area contributed by atoms with E-state index in [1.807, 2.05) is 0 Å². The van der Waals surface area contributed by atoms with Crippen LogP contribution >= 0.6 is 0 Å². The summed E-state index contributed by atoms with van der Waals surface area (Å²) in [5.41, 5.74) is 1.92. The largest absolute Gasteiger partial charge is 0.507 e. The molecule has 3 rings (SSSR count). The fourth-order valence-electron chi connectivity index (χ4n) is 3.03. The molecule has 120 valence electrons. The number of carbonyl (C=O) groups is 1. The Morgan fingerprint density at radius 2 is 1.83 bits per heavy atom. The van der Waals surface area contributed by atoms with E-state index in [0.29, 0.717) is 28.0 Å². The van der Waals surface area contributed by atoms with Gasteiger partial charge in [-0.2, -0.15) is 0 Å². The van der Waals surface area contributed by atoms with Crippen LogP contribution in [0, 0.1) is 13.8 Å². The summed E-state index contributed by atoms with van der Waals surface area (Å²) in [6, 6.07) is 8.49. The maximum absolute atomic E-state index is 12.5. The zero-order valence-electron chi connectivity index (χ0n) is 13.2. The molecule has 0 fully saturated rings. The second kappa shape index (κ2) is 5.28. The van der Waals surface area contributed by atoms with Crippen LogP contribution in [0.3, 0.4) is 0 Å². The van der Waals surface area contributed by atoms with Crippen molar-refractivity contribution in [2.45, 2.75) is 26.1 Å². The van der Waals surface area contributed by atoms with Crippen LogP contribution in [0.5, 0.6) is 17.2 Å². The normalized spacial score (nSPS) is 19.9. The monoisotopic (exact) mass is 314 g/mol. The standard InChI is InChI=1S/C18H18O5/c1-10-15(20)13-9-14(19)18(21,12-7-5-4-6-8-12)23-17(13)11(2)16(10)22-3/h4-8,20-21H,9H2,1-3H3/t18-/m1/s1. The first kappa shape index (κ1) is 15.4. The highest BCUT2D eigenvalue weighted by atomic mass is 16.6. The number of Topliss-reactive ketones (excluding diaryl/α,β-unsaturated/α-hetero) is 1. The number of methoxy groups -OCH3 is 1. The van der Waals surface area contributed by atoms with E-state index < -0.39 is 11.6 Å². The zero-order valence-corrected chi connectivity index (χ0v) is 13.2. The smallest absolute Gasteiger partial charge is 0.295 e. The molecule has 0 amide bonds. The molecule has 2 aromatic carbocycles. The van der Waals surface area contributed by atoms with Crippen LogP contribution in [-0.4, -0.2) is 23.1 Å². The van der Waals surface area contributed by atoms with Gasteiger partial charge >= 0.3 is 0 Å². The van der Waals surface area contributed by atoms with Gasteiger partial charge in [0.05, 0.1) is 7.11 Å². The number of rotatable bonds is 2. The third-order valence-corrected chi connectivity index (χ3v) is 4.27. The minimum Gasteiger partial charge on any atom is -0.507 e. The molecule has 0 saturated heterocycles. The Morgan fingerprint density at radius 1 is 1.17 bits per heavy atom. The average Bonchev–Trinajstić information content (AvgIpc) is 2.56. The summed E-state index contributed by atoms with van der Waals surface area (Å²) >= 11 is 0. The van der Waals surface area contributed by atoms with E-state index in [2.05, 4.69) is 0 Å². The number of aliphatic hydroxyl groups is 1. The summed E-state index contributed by atoms with van der Waals surface area (Å²) < 4.78 is 11.0. The Bertz CT molecular complexity index is 782. The minimum absolute atomic E-state index is 0.0362. The van der Waals surface area contributed by atoms with Crippen molar-refractivity contribution >= 4 is 5.78 Å². The molecule has 1 aliphatic heterocycles. The average molecular weight is 314 g/mol. The molecule has 0 saturated carbocycles. The van der Waals surface area contributed by atoms with Crippen molar-refractivity contribution in [2.24, 2.45) is 0 Å². The molecule has 23 heavy (non-hydrogen) atoms. The van der Waals surface area contributed by atoms with Crippen LogP contribution in [0.2, 0.25) is 0 Å². The third-order valence-electron chi connectivity index (χ3n) is 4.27. The van der Waals surface area contributed by atoms with Gasteiger partial charge in [0, 0.05) is 28.7 Å². The Morgan fingerprint density at radius 3 is 2.43 bits per heavy atom. The lowest BCUT2D eigenvalue weighted by atomic mass is 9.89. The highest BCUT2D eigenvalue weighted by Gasteiger charge is 2.46. The minimum atomic E-state index is -2.06. The van der Waals surface area contributed by atoms with Crippen molar-refractivity contribution in [3.05, 3.63) is 52.6 Å². The molecular weight excluding hydrogens is 296 g/mol. The highest BCUT2D eigenvalue weighted by molar-refractivity contribution is 5.92. The number of hydrogen-bond donors (Lipinski definition) is 2. The van der Waals surface area contributed by atoms with E-state index in [0.717, 1.165) is 0 Å². The van der Waals surface area contributed by atoms with Crippen molar-refractivity contribution in [2.75, 3.05) is 7.11 Å². The fraction of sp³-hybridized carbons (Fsp3) is 0.278. The van der Waals surface area contributed by atoms with Gasteiger partial charge in [-0.05, 0) is 13.8 Å². The van der Waals surface area contributed by atoms with Gasteiger partial charge in [-0.1, -0.05) is 30.3 Å². The van der Waals surface area contributed by atoms with Gasteiger partial charge in [0.25, 0.3) is 5.79 Å². The van der Waals surface area contributed by atoms with E-state index in [9.17, 15) is 15.0 Å². The first-order chi connectivity index (χ1) is 10.9. The fourth-order valence-corrected chi connectivity index (χ4v) is 3.03. The molecule has 0 radical (unpaired) electrons. The van der Waals surface area contributed by atoms with Gasteiger partial charge in [-0.15, -0.1) is 0 Å². The molecule has 2 N–H and O–H groups in total. The number of carbonyl (C=O) groups excluding carboxylic acids is 1. The molecule has 1 aliphatic rings. The highest BCUT2D eigenvalue weighted by Crippen LogP contribution is 2.47. The van der Waals surface area contributed by atoms with E-state index >= 15 is 0 Å². The quantitative estimate of drug-likeness (QED) is 0.890. The van der Waals surface area contributed by atoms with Crippen molar-refractivity contribution in [3.63, 3.8) is 0 Å². The zero-order chi connectivity index (χ0) is 16.8. The van der Waals surface area contributed by atoms with E-state index in [4.69, 9.17) is 9.47 Å². The summed E-state index contributed by atoms with van der Waals surface area (Å²) in [6.45, 7) is 3.48. The van der Waals surface area contributed by atoms with Gasteiger partial charge in [0.1, 0.15) is 17.2 Å². The molecule has 0 spiro atoms. The summed E-state index contributed by atoms with van der Waals surface area (Å²) in [4.78, 5) is 12.5. The Kier molecular flexibility index (Phi) is 3.53. The molecule has 1 atom stereocenters. The molecule has 2 aromatic rings. The first-order valence-corrected chi connectivity index (χ1v) is 7.29. The molecule has 5 heteroatoms. The topological polar surface area (TPSA) is 76.0 Å². The second-order valence-electron chi connectivity index (χ2n) is 5.65. The van der Waals surface area contributed by atoms with Gasteiger partial charge in [0.15, 0.2) is 0 Å². The van der Waals surface area contributed by atoms with Gasteiger partial charge in [-0.3, -0.25) is 4.79 Å². The van der Waals surface area contributed by atoms with Crippen LogP contribution in [0.1, 0.15) is 22.3 Å². The number of phenols is 1. The lowest BCUT2D eigenvalue weighted by molar-refractivity contribution is -0.179. The number of ketones is 1. The predicted molar refractivity (Wildman–Crippen MR) is 83.8 cm³/mol. The maximum Gasteiger partial charge on any atom is 0.295 e. The molecule has 1 heterocycles. The maximum atomic E-state index is 12.5. The van der Waals surface area contributed by atoms with E-state index in [-0.39, 0.29) is 17.9 Å². The molecule has 5 nitrogen and oxygen atoms in total. The molecular formula is C18H18O5. The van der Waals surface area contributed by atoms with Crippen LogP contribution < -0.4 is 9.47 Å². The molecule has 0 bridgehead atoms. The van der Waals surface area contributed by atoms with Crippen LogP contribution in [0.15, 0.2) is 30.3 Å². The number of aromatic hydroxyl groups is 1. The predicted octanol–water partition coefficient (Wildman–Crippen LogP) is 2.37. The Balaban J connectivity index is 2.20. The van der Waals surface area contributed by atoms with Crippen molar-refractivity contribution in [1.82, 2.24) is 0 Å². The summed E-state index contributed by atoms with van der Waals surface area (Å²) in [5, 5.41) is 21.2. The SMILES string of the molecule is COc1c(C)c(O)c2c(c1C)O[C@](O)(c1ccccc1)C(=O)C2. The van der Waals surface area contributed by atoms with E-state index in [1.165, 1.54) is 7.11 Å². The van der Waals surface area contributed by atoms with Gasteiger partial charge < -0.3 is 19.7 Å². The van der Waals surface area contributed by atoms with Crippen LogP contribution in [-0.2, 0) is 17.0 Å². The summed E-state index contributed by atoms with van der Waals surface area (Å²) in [6.07, 6.45) is -0.113. The number of fused-ring (bicyclic) bond motifs is 1. The first-order valence-electron chi connectivity index (χ1n) is 7.29. The summed E-state index contributed by atoms with van der Waals surface area (Å²) in [5.74, 6) is -1.85. The lowest BCUT2D eigenvalue weighted by Gasteiger charge is -2.34.